The summed E-state index contributed by atoms with van der Waals surface area (Å²) in [5.41, 5.74) is 3.07. The van der Waals surface area contributed by atoms with Gasteiger partial charge in [-0.25, -0.2) is 0 Å². The summed E-state index contributed by atoms with van der Waals surface area (Å²) in [7, 11) is 0. The molecule has 116 valence electrons. The van der Waals surface area contributed by atoms with Crippen LogP contribution in [0, 0.1) is 12.8 Å². The van der Waals surface area contributed by atoms with Crippen molar-refractivity contribution in [3.05, 3.63) is 28.2 Å². The van der Waals surface area contributed by atoms with Crippen molar-refractivity contribution >= 4 is 21.6 Å². The Morgan fingerprint density at radius 2 is 2.00 bits per heavy atom. The molecule has 1 aliphatic heterocycles. The van der Waals surface area contributed by atoms with Gasteiger partial charge in [0.15, 0.2) is 0 Å². The van der Waals surface area contributed by atoms with Crippen molar-refractivity contribution in [2.75, 3.05) is 18.0 Å². The number of aryl methyl sites for hydroxylation is 1. The fraction of sp³-hybridized carbons (Fsp3) is 0.667. The van der Waals surface area contributed by atoms with E-state index < -0.39 is 0 Å². The molecule has 1 atom stereocenters. The molecule has 3 rings (SSSR count). The molecule has 2 fully saturated rings. The molecule has 1 unspecified atom stereocenters. The number of nitrogens with one attached hydrogen (secondary N) is 1. The Hall–Kier alpha value is -0.540. The number of piperazine rings is 1. The smallest absolute Gasteiger partial charge is 0.0517 e. The van der Waals surface area contributed by atoms with Crippen LogP contribution in [0.15, 0.2) is 22.7 Å². The van der Waals surface area contributed by atoms with Crippen molar-refractivity contribution in [1.29, 1.82) is 0 Å². The Bertz CT molecular complexity index is 506. The van der Waals surface area contributed by atoms with E-state index in [-0.39, 0.29) is 0 Å². The molecule has 2 aliphatic rings. The summed E-state index contributed by atoms with van der Waals surface area (Å²) in [5, 5.41) is 3.90. The monoisotopic (exact) mass is 350 g/mol. The first-order valence-electron chi connectivity index (χ1n) is 8.29. The first-order valence-corrected chi connectivity index (χ1v) is 9.08. The Morgan fingerprint density at radius 3 is 2.67 bits per heavy atom. The van der Waals surface area contributed by atoms with E-state index in [1.165, 1.54) is 41.4 Å². The van der Waals surface area contributed by atoms with Crippen molar-refractivity contribution in [2.45, 2.75) is 58.0 Å². The van der Waals surface area contributed by atoms with E-state index in [0.29, 0.717) is 17.5 Å². The minimum atomic E-state index is 0.356. The molecule has 1 aromatic carbocycles. The van der Waals surface area contributed by atoms with Crippen LogP contribution in [-0.4, -0.2) is 24.7 Å². The average Bonchev–Trinajstić information content (AvgIpc) is 2.89. The highest BCUT2D eigenvalue weighted by molar-refractivity contribution is 9.10. The SMILES string of the molecule is Cc1ccc(Br)c(N2CC3(CCCC3)NCC2C(C)C)c1. The van der Waals surface area contributed by atoms with E-state index in [4.69, 9.17) is 0 Å². The first-order chi connectivity index (χ1) is 10.0. The fourth-order valence-corrected chi connectivity index (χ4v) is 4.49. The van der Waals surface area contributed by atoms with Gasteiger partial charge in [-0.05, 0) is 59.3 Å². The lowest BCUT2D eigenvalue weighted by Gasteiger charge is -2.49. The normalized spacial score (nSPS) is 25.0. The van der Waals surface area contributed by atoms with Gasteiger partial charge in [0.2, 0.25) is 0 Å². The molecule has 3 heteroatoms. The standard InChI is InChI=1S/C18H27BrN2/c1-13(2)17-11-20-18(8-4-5-9-18)12-21(17)16-10-14(3)6-7-15(16)19/h6-7,10,13,17,20H,4-5,8-9,11-12H2,1-3H3. The molecule has 1 aromatic rings. The summed E-state index contributed by atoms with van der Waals surface area (Å²) in [4.78, 5) is 2.67. The number of halogens is 1. The van der Waals surface area contributed by atoms with Crippen LogP contribution in [0.4, 0.5) is 5.69 Å². The van der Waals surface area contributed by atoms with E-state index in [1.807, 2.05) is 0 Å². The summed E-state index contributed by atoms with van der Waals surface area (Å²) in [6, 6.07) is 7.30. The number of hydrogen-bond donors (Lipinski definition) is 1. The molecule has 1 saturated carbocycles. The van der Waals surface area contributed by atoms with Crippen LogP contribution in [0.3, 0.4) is 0 Å². The molecule has 0 amide bonds. The van der Waals surface area contributed by atoms with Gasteiger partial charge in [-0.2, -0.15) is 0 Å². The van der Waals surface area contributed by atoms with Gasteiger partial charge in [0.25, 0.3) is 0 Å². The third-order valence-electron chi connectivity index (χ3n) is 5.30. The van der Waals surface area contributed by atoms with Gasteiger partial charge in [-0.1, -0.05) is 32.8 Å². The van der Waals surface area contributed by atoms with Crippen LogP contribution in [-0.2, 0) is 0 Å². The maximum absolute atomic E-state index is 3.90. The van der Waals surface area contributed by atoms with E-state index in [9.17, 15) is 0 Å². The van der Waals surface area contributed by atoms with E-state index >= 15 is 0 Å². The predicted molar refractivity (Wildman–Crippen MR) is 94.1 cm³/mol. The third kappa shape index (κ3) is 3.00. The van der Waals surface area contributed by atoms with Crippen LogP contribution >= 0.6 is 15.9 Å². The summed E-state index contributed by atoms with van der Waals surface area (Å²) < 4.78 is 1.23. The topological polar surface area (TPSA) is 15.3 Å². The summed E-state index contributed by atoms with van der Waals surface area (Å²) >= 11 is 3.78. The van der Waals surface area contributed by atoms with Crippen molar-refractivity contribution < 1.29 is 0 Å². The highest BCUT2D eigenvalue weighted by Gasteiger charge is 2.42. The van der Waals surface area contributed by atoms with Crippen LogP contribution < -0.4 is 10.2 Å². The fourth-order valence-electron chi connectivity index (χ4n) is 4.02. The van der Waals surface area contributed by atoms with Gasteiger partial charge < -0.3 is 10.2 Å². The Kier molecular flexibility index (Phi) is 4.33. The summed E-state index contributed by atoms with van der Waals surface area (Å²) in [6.07, 6.45) is 5.42. The molecule has 0 bridgehead atoms. The molecule has 1 aliphatic carbocycles. The third-order valence-corrected chi connectivity index (χ3v) is 5.97. The molecular weight excluding hydrogens is 324 g/mol. The number of anilines is 1. The summed E-state index contributed by atoms with van der Waals surface area (Å²) in [6.45, 7) is 9.13. The largest absolute Gasteiger partial charge is 0.364 e. The lowest BCUT2D eigenvalue weighted by atomic mass is 9.88. The molecule has 0 radical (unpaired) electrons. The molecule has 1 N–H and O–H groups in total. The number of nitrogens with zero attached hydrogens (tertiary/aromatic N) is 1. The van der Waals surface area contributed by atoms with Crippen LogP contribution in [0.1, 0.15) is 45.1 Å². The zero-order chi connectivity index (χ0) is 15.0. The van der Waals surface area contributed by atoms with Crippen LogP contribution in [0.2, 0.25) is 0 Å². The lowest BCUT2D eigenvalue weighted by Crippen LogP contribution is -2.64. The van der Waals surface area contributed by atoms with Gasteiger partial charge in [-0.15, -0.1) is 0 Å². The summed E-state index contributed by atoms with van der Waals surface area (Å²) in [5.74, 6) is 0.656. The van der Waals surface area contributed by atoms with Gasteiger partial charge >= 0.3 is 0 Å². The van der Waals surface area contributed by atoms with E-state index in [0.717, 1.165) is 13.1 Å². The van der Waals surface area contributed by atoms with E-state index in [2.05, 4.69) is 65.1 Å². The van der Waals surface area contributed by atoms with Crippen LogP contribution in [0.25, 0.3) is 0 Å². The lowest BCUT2D eigenvalue weighted by molar-refractivity contribution is 0.245. The molecular formula is C18H27BrN2. The zero-order valence-corrected chi connectivity index (χ0v) is 15.0. The van der Waals surface area contributed by atoms with Crippen molar-refractivity contribution in [1.82, 2.24) is 5.32 Å². The molecule has 2 nitrogen and oxygen atoms in total. The van der Waals surface area contributed by atoms with Gasteiger partial charge in [-0.3, -0.25) is 0 Å². The Labute approximate surface area is 137 Å². The minimum absolute atomic E-state index is 0.356. The highest BCUT2D eigenvalue weighted by Crippen LogP contribution is 2.38. The zero-order valence-electron chi connectivity index (χ0n) is 13.5. The number of hydrogen-bond acceptors (Lipinski definition) is 2. The Morgan fingerprint density at radius 1 is 1.29 bits per heavy atom. The molecule has 1 heterocycles. The van der Waals surface area contributed by atoms with Gasteiger partial charge in [0, 0.05) is 29.1 Å². The molecule has 1 saturated heterocycles. The van der Waals surface area contributed by atoms with Crippen LogP contribution in [0.5, 0.6) is 0 Å². The quantitative estimate of drug-likeness (QED) is 0.844. The van der Waals surface area contributed by atoms with Crippen molar-refractivity contribution in [3.8, 4) is 0 Å². The van der Waals surface area contributed by atoms with Crippen molar-refractivity contribution in [3.63, 3.8) is 0 Å². The maximum atomic E-state index is 3.90. The van der Waals surface area contributed by atoms with Crippen molar-refractivity contribution in [2.24, 2.45) is 5.92 Å². The Balaban J connectivity index is 1.95. The van der Waals surface area contributed by atoms with E-state index in [1.54, 1.807) is 0 Å². The van der Waals surface area contributed by atoms with Gasteiger partial charge in [0.05, 0.1) is 5.69 Å². The first kappa shape index (κ1) is 15.4. The second kappa shape index (κ2) is 5.92. The van der Waals surface area contributed by atoms with Gasteiger partial charge in [0.1, 0.15) is 0 Å². The molecule has 0 aromatic heterocycles. The number of rotatable bonds is 2. The molecule has 21 heavy (non-hydrogen) atoms. The second-order valence-electron chi connectivity index (χ2n) is 7.26. The molecule has 1 spiro atoms. The maximum Gasteiger partial charge on any atom is 0.0517 e. The highest BCUT2D eigenvalue weighted by atomic mass is 79.9. The minimum Gasteiger partial charge on any atom is -0.364 e. The number of benzene rings is 1. The average molecular weight is 351 g/mol. The predicted octanol–water partition coefficient (Wildman–Crippen LogP) is 4.50. The second-order valence-corrected chi connectivity index (χ2v) is 8.12.